The number of carbonyl (C=O) groups excluding carboxylic acids is 1. The predicted molar refractivity (Wildman–Crippen MR) is 143 cm³/mol. The molecule has 0 amide bonds. The number of ether oxygens (including phenoxy) is 2. The number of rotatable bonds is 13. The van der Waals surface area contributed by atoms with Crippen molar-refractivity contribution in [2.75, 3.05) is 6.61 Å². The lowest BCUT2D eigenvalue weighted by Crippen LogP contribution is -2.47. The summed E-state index contributed by atoms with van der Waals surface area (Å²) in [4.78, 5) is 12.9. The Morgan fingerprint density at radius 3 is 2.72 bits per heavy atom. The van der Waals surface area contributed by atoms with Gasteiger partial charge in [-0.1, -0.05) is 43.5 Å². The summed E-state index contributed by atoms with van der Waals surface area (Å²) in [5.41, 5.74) is 0.492. The van der Waals surface area contributed by atoms with Crippen molar-refractivity contribution in [1.29, 1.82) is 0 Å². The first-order valence-corrected chi connectivity index (χ1v) is 13.2. The molecule has 0 saturated carbocycles. The lowest BCUT2D eigenvalue weighted by molar-refractivity contribution is -0.168. The number of halogens is 1. The highest BCUT2D eigenvalue weighted by Gasteiger charge is 2.41. The number of Topliss-reactive ketones (excluding diaryl/α,β-unsaturated/α-hetero) is 1. The van der Waals surface area contributed by atoms with Gasteiger partial charge in [0.15, 0.2) is 5.78 Å². The third kappa shape index (κ3) is 9.32. The second-order valence-electron chi connectivity index (χ2n) is 10.6. The Kier molecular flexibility index (Phi) is 11.6. The van der Waals surface area contributed by atoms with E-state index in [1.54, 1.807) is 32.1 Å². The number of allylic oxidation sites excluding steroid dienone is 3. The van der Waals surface area contributed by atoms with Crippen LogP contribution in [0.3, 0.4) is 0 Å². The molecule has 0 bridgehead atoms. The van der Waals surface area contributed by atoms with E-state index < -0.39 is 11.4 Å². The van der Waals surface area contributed by atoms with E-state index in [4.69, 9.17) is 15.9 Å². The van der Waals surface area contributed by atoms with Gasteiger partial charge in [-0.2, -0.15) is 0 Å². The van der Waals surface area contributed by atoms with Crippen LogP contribution in [0.4, 0.5) is 4.39 Å². The Balaban J connectivity index is 2.11. The fourth-order valence-corrected chi connectivity index (χ4v) is 5.09. The topological polar surface area (TPSA) is 55.8 Å². The van der Waals surface area contributed by atoms with Crippen LogP contribution in [0.1, 0.15) is 95.5 Å². The average Bonchev–Trinajstić information content (AvgIpc) is 2.80. The third-order valence-corrected chi connectivity index (χ3v) is 6.67. The van der Waals surface area contributed by atoms with Crippen LogP contribution in [0.2, 0.25) is 0 Å². The molecular formula is C31H43FO4. The number of aliphatic hydroxyl groups is 1. The first-order valence-electron chi connectivity index (χ1n) is 13.2. The maximum Gasteiger partial charge on any atom is 0.162 e. The van der Waals surface area contributed by atoms with Crippen LogP contribution < -0.4 is 0 Å². The molecular weight excluding hydrogens is 455 g/mol. The molecule has 1 aliphatic heterocycles. The van der Waals surface area contributed by atoms with Crippen molar-refractivity contribution in [3.05, 3.63) is 58.9 Å². The summed E-state index contributed by atoms with van der Waals surface area (Å²) in [6.45, 7) is 10.1. The molecule has 1 aliphatic rings. The number of hydrogen-bond donors (Lipinski definition) is 1. The SMILES string of the molecule is C#CC=CC=C(C)C1CC(OCC)CC(CCC)(CCCC(=O)c2ccc(CC(C)(C)O)c(F)c2)O1. The largest absolute Gasteiger partial charge is 0.390 e. The summed E-state index contributed by atoms with van der Waals surface area (Å²) in [5, 5.41) is 9.97. The average molecular weight is 499 g/mol. The van der Waals surface area contributed by atoms with Crippen molar-refractivity contribution in [2.45, 2.75) is 109 Å². The summed E-state index contributed by atoms with van der Waals surface area (Å²) in [6.07, 6.45) is 16.2. The van der Waals surface area contributed by atoms with Crippen LogP contribution in [0.25, 0.3) is 0 Å². The molecule has 198 valence electrons. The predicted octanol–water partition coefficient (Wildman–Crippen LogP) is 6.75. The zero-order chi connectivity index (χ0) is 26.8. The molecule has 0 radical (unpaired) electrons. The highest BCUT2D eigenvalue weighted by molar-refractivity contribution is 5.96. The van der Waals surface area contributed by atoms with E-state index in [9.17, 15) is 14.3 Å². The number of terminal acetylenes is 1. The van der Waals surface area contributed by atoms with Gasteiger partial charge in [-0.3, -0.25) is 4.79 Å². The fourth-order valence-electron chi connectivity index (χ4n) is 5.09. The van der Waals surface area contributed by atoms with Crippen molar-refractivity contribution in [3.8, 4) is 12.3 Å². The van der Waals surface area contributed by atoms with E-state index in [-0.39, 0.29) is 30.0 Å². The van der Waals surface area contributed by atoms with Crippen molar-refractivity contribution in [3.63, 3.8) is 0 Å². The van der Waals surface area contributed by atoms with Crippen molar-refractivity contribution < 1.29 is 23.8 Å². The molecule has 1 aromatic carbocycles. The van der Waals surface area contributed by atoms with Crippen LogP contribution in [-0.4, -0.2) is 40.9 Å². The van der Waals surface area contributed by atoms with Gasteiger partial charge in [0, 0.05) is 37.9 Å². The van der Waals surface area contributed by atoms with Crippen LogP contribution in [0.15, 0.2) is 42.0 Å². The molecule has 5 heteroatoms. The van der Waals surface area contributed by atoms with E-state index in [1.165, 1.54) is 6.07 Å². The second-order valence-corrected chi connectivity index (χ2v) is 10.6. The quantitative estimate of drug-likeness (QED) is 0.186. The van der Waals surface area contributed by atoms with Crippen LogP contribution in [-0.2, 0) is 15.9 Å². The number of benzene rings is 1. The zero-order valence-corrected chi connectivity index (χ0v) is 22.6. The van der Waals surface area contributed by atoms with Gasteiger partial charge in [0.05, 0.1) is 23.4 Å². The summed E-state index contributed by atoms with van der Waals surface area (Å²) in [5.74, 6) is 1.96. The van der Waals surface area contributed by atoms with Gasteiger partial charge in [-0.05, 0) is 70.2 Å². The number of carbonyl (C=O) groups is 1. The van der Waals surface area contributed by atoms with Crippen LogP contribution in [0, 0.1) is 18.2 Å². The Morgan fingerprint density at radius 2 is 2.11 bits per heavy atom. The molecule has 3 unspecified atom stereocenters. The Hall–Kier alpha value is -2.26. The molecule has 4 nitrogen and oxygen atoms in total. The molecule has 3 atom stereocenters. The summed E-state index contributed by atoms with van der Waals surface area (Å²) >= 11 is 0. The van der Waals surface area contributed by atoms with Gasteiger partial charge in [0.1, 0.15) is 5.82 Å². The molecule has 1 saturated heterocycles. The maximum absolute atomic E-state index is 14.5. The molecule has 0 aromatic heterocycles. The lowest BCUT2D eigenvalue weighted by atomic mass is 9.80. The first-order chi connectivity index (χ1) is 17.0. The lowest BCUT2D eigenvalue weighted by Gasteiger charge is -2.45. The Morgan fingerprint density at radius 1 is 1.36 bits per heavy atom. The normalized spacial score (nSPS) is 23.1. The van der Waals surface area contributed by atoms with Gasteiger partial charge < -0.3 is 14.6 Å². The summed E-state index contributed by atoms with van der Waals surface area (Å²) in [6, 6.07) is 4.55. The molecule has 2 rings (SSSR count). The van der Waals surface area contributed by atoms with Crippen LogP contribution >= 0.6 is 0 Å². The minimum atomic E-state index is -1.01. The molecule has 0 aliphatic carbocycles. The Labute approximate surface area is 217 Å². The molecule has 36 heavy (non-hydrogen) atoms. The minimum Gasteiger partial charge on any atom is -0.390 e. The highest BCUT2D eigenvalue weighted by atomic mass is 19.1. The molecule has 1 heterocycles. The van der Waals surface area contributed by atoms with E-state index >= 15 is 0 Å². The smallest absolute Gasteiger partial charge is 0.162 e. The first kappa shape index (κ1) is 30.0. The van der Waals surface area contributed by atoms with E-state index in [2.05, 4.69) is 19.8 Å². The highest BCUT2D eigenvalue weighted by Crippen LogP contribution is 2.40. The zero-order valence-electron chi connectivity index (χ0n) is 22.6. The van der Waals surface area contributed by atoms with Gasteiger partial charge >= 0.3 is 0 Å². The van der Waals surface area contributed by atoms with E-state index in [0.29, 0.717) is 30.6 Å². The molecule has 0 spiro atoms. The summed E-state index contributed by atoms with van der Waals surface area (Å²) < 4.78 is 27.3. The van der Waals surface area contributed by atoms with Gasteiger partial charge in [-0.25, -0.2) is 4.39 Å². The monoisotopic (exact) mass is 498 g/mol. The van der Waals surface area contributed by atoms with E-state index in [1.807, 2.05) is 19.1 Å². The third-order valence-electron chi connectivity index (χ3n) is 6.67. The molecule has 1 N–H and O–H groups in total. The fraction of sp³-hybridized carbons (Fsp3) is 0.581. The summed E-state index contributed by atoms with van der Waals surface area (Å²) in [7, 11) is 0. The molecule has 1 aromatic rings. The number of hydrogen-bond acceptors (Lipinski definition) is 4. The van der Waals surface area contributed by atoms with Gasteiger partial charge in [-0.15, -0.1) is 6.42 Å². The Bertz CT molecular complexity index is 966. The number of ketones is 1. The maximum atomic E-state index is 14.5. The standard InChI is InChI=1S/C31H43FO4/c1-7-10-11-13-23(4)29-20-26(35-9-3)22-31(36-29,17-8-2)18-12-14-28(33)24-15-16-25(27(32)19-24)21-30(5,6)34/h1,10-11,13,15-16,19,26,29,34H,8-9,12,14,17-18,20-22H2,2-6H3. The van der Waals surface area contributed by atoms with Gasteiger partial charge in [0.2, 0.25) is 0 Å². The van der Waals surface area contributed by atoms with Crippen molar-refractivity contribution in [2.24, 2.45) is 0 Å². The van der Waals surface area contributed by atoms with Crippen molar-refractivity contribution in [1.82, 2.24) is 0 Å². The molecule has 1 fully saturated rings. The van der Waals surface area contributed by atoms with Crippen molar-refractivity contribution >= 4 is 5.78 Å². The van der Waals surface area contributed by atoms with Gasteiger partial charge in [0.25, 0.3) is 0 Å². The van der Waals surface area contributed by atoms with Crippen LogP contribution in [0.5, 0.6) is 0 Å². The van der Waals surface area contributed by atoms with E-state index in [0.717, 1.165) is 37.7 Å². The minimum absolute atomic E-state index is 0.0719. The second kappa shape index (κ2) is 13.9.